The van der Waals surface area contributed by atoms with Gasteiger partial charge in [-0.1, -0.05) is 66.7 Å². The van der Waals surface area contributed by atoms with Crippen LogP contribution in [0.5, 0.6) is 0 Å². The number of hydrogen-bond acceptors (Lipinski definition) is 2. The predicted octanol–water partition coefficient (Wildman–Crippen LogP) is 4.41. The summed E-state index contributed by atoms with van der Waals surface area (Å²) in [5.41, 5.74) is 1.07. The Morgan fingerprint density at radius 2 is 1.38 bits per heavy atom. The molecule has 3 atom stereocenters. The van der Waals surface area contributed by atoms with E-state index in [1.165, 1.54) is 12.8 Å². The van der Waals surface area contributed by atoms with Crippen molar-refractivity contribution < 1.29 is 9.36 Å². The molecule has 0 aliphatic heterocycles. The predicted molar refractivity (Wildman–Crippen MR) is 129 cm³/mol. The zero-order valence-electron chi connectivity index (χ0n) is 18.1. The Labute approximate surface area is 189 Å². The standard InChI is InChI=1S/C27H29N2O2P/c30-27(28-19-20-16-17-20)25-18-24(25)26(21-10-4-1-5-11-21)29-32(31,22-12-6-2-7-13-22)23-14-8-3-9-15-23/h1-15,20,24-26H,16-19H2,(H,28,30)(H,29,31)/t24-,25+,26-/m1/s1. The van der Waals surface area contributed by atoms with E-state index in [1.54, 1.807) is 0 Å². The molecule has 3 aromatic rings. The highest BCUT2D eigenvalue weighted by atomic mass is 31.2. The molecule has 0 radical (unpaired) electrons. The van der Waals surface area contributed by atoms with E-state index in [0.29, 0.717) is 5.92 Å². The first-order valence-corrected chi connectivity index (χ1v) is 13.2. The molecule has 0 heterocycles. The number of carbonyl (C=O) groups excluding carboxylic acids is 1. The van der Waals surface area contributed by atoms with Crippen molar-refractivity contribution in [3.8, 4) is 0 Å². The minimum Gasteiger partial charge on any atom is -0.356 e. The molecular formula is C27H29N2O2P. The van der Waals surface area contributed by atoms with Crippen LogP contribution in [0.15, 0.2) is 91.0 Å². The second-order valence-corrected chi connectivity index (χ2v) is 11.5. The van der Waals surface area contributed by atoms with Crippen LogP contribution in [-0.4, -0.2) is 12.5 Å². The molecule has 0 unspecified atom stereocenters. The minimum absolute atomic E-state index is 0.0357. The van der Waals surface area contributed by atoms with E-state index in [9.17, 15) is 9.36 Å². The van der Waals surface area contributed by atoms with Gasteiger partial charge in [0.1, 0.15) is 0 Å². The summed E-state index contributed by atoms with van der Waals surface area (Å²) in [4.78, 5) is 12.8. The molecular weight excluding hydrogens is 415 g/mol. The van der Waals surface area contributed by atoms with Crippen LogP contribution in [0.3, 0.4) is 0 Å². The average molecular weight is 445 g/mol. The van der Waals surface area contributed by atoms with Crippen molar-refractivity contribution in [1.29, 1.82) is 0 Å². The fourth-order valence-electron chi connectivity index (χ4n) is 4.43. The summed E-state index contributed by atoms with van der Waals surface area (Å²) >= 11 is 0. The molecule has 2 aliphatic carbocycles. The van der Waals surface area contributed by atoms with Crippen LogP contribution in [-0.2, 0) is 9.36 Å². The lowest BCUT2D eigenvalue weighted by Crippen LogP contribution is -2.33. The van der Waals surface area contributed by atoms with Crippen LogP contribution in [0, 0.1) is 17.8 Å². The molecule has 32 heavy (non-hydrogen) atoms. The quantitative estimate of drug-likeness (QED) is 0.481. The lowest BCUT2D eigenvalue weighted by Gasteiger charge is -2.28. The second-order valence-electron chi connectivity index (χ2n) is 8.99. The van der Waals surface area contributed by atoms with E-state index >= 15 is 0 Å². The number of nitrogens with one attached hydrogen (secondary N) is 2. The third-order valence-electron chi connectivity index (χ3n) is 6.59. The van der Waals surface area contributed by atoms with Gasteiger partial charge < -0.3 is 5.32 Å². The average Bonchev–Trinajstić information content (AvgIpc) is 3.78. The number of hydrogen-bond donors (Lipinski definition) is 2. The molecule has 164 valence electrons. The van der Waals surface area contributed by atoms with E-state index in [0.717, 1.165) is 29.1 Å². The molecule has 0 bridgehead atoms. The SMILES string of the molecule is O=C(NCC1CC1)[C@H]1C[C@H]1[C@H](NP(=O)(c1ccccc1)c1ccccc1)c1ccccc1. The van der Waals surface area contributed by atoms with Crippen LogP contribution in [0.25, 0.3) is 0 Å². The third kappa shape index (κ3) is 4.57. The molecule has 0 aromatic heterocycles. The first-order valence-electron chi connectivity index (χ1n) is 11.5. The highest BCUT2D eigenvalue weighted by Gasteiger charge is 2.50. The fourth-order valence-corrected chi connectivity index (χ4v) is 6.94. The Morgan fingerprint density at radius 3 is 1.91 bits per heavy atom. The molecule has 2 fully saturated rings. The number of amides is 1. The highest BCUT2D eigenvalue weighted by molar-refractivity contribution is 7.76. The molecule has 0 spiro atoms. The van der Waals surface area contributed by atoms with Gasteiger partial charge >= 0.3 is 0 Å². The van der Waals surface area contributed by atoms with Crippen molar-refractivity contribution in [2.45, 2.75) is 25.3 Å². The summed E-state index contributed by atoms with van der Waals surface area (Å²) in [6.45, 7) is 0.790. The molecule has 2 N–H and O–H groups in total. The molecule has 1 amide bonds. The van der Waals surface area contributed by atoms with Gasteiger partial charge in [0.15, 0.2) is 0 Å². The van der Waals surface area contributed by atoms with Crippen LogP contribution < -0.4 is 21.0 Å². The van der Waals surface area contributed by atoms with Gasteiger partial charge in [-0.3, -0.25) is 14.4 Å². The Hall–Kier alpha value is -2.68. The highest BCUT2D eigenvalue weighted by Crippen LogP contribution is 2.52. The van der Waals surface area contributed by atoms with Crippen molar-refractivity contribution in [1.82, 2.24) is 10.4 Å². The lowest BCUT2D eigenvalue weighted by molar-refractivity contribution is -0.122. The largest absolute Gasteiger partial charge is 0.356 e. The van der Waals surface area contributed by atoms with Crippen LogP contribution in [0.1, 0.15) is 30.9 Å². The normalized spacial score (nSPS) is 21.0. The van der Waals surface area contributed by atoms with Gasteiger partial charge in [-0.2, -0.15) is 0 Å². The third-order valence-corrected chi connectivity index (χ3v) is 9.28. The van der Waals surface area contributed by atoms with E-state index in [1.807, 2.05) is 78.9 Å². The van der Waals surface area contributed by atoms with E-state index in [2.05, 4.69) is 22.5 Å². The molecule has 5 rings (SSSR count). The summed E-state index contributed by atoms with van der Waals surface area (Å²) in [7, 11) is -3.12. The van der Waals surface area contributed by atoms with Crippen molar-refractivity contribution >= 4 is 23.8 Å². The number of rotatable bonds is 9. The Balaban J connectivity index is 1.46. The summed E-state index contributed by atoms with van der Waals surface area (Å²) in [5, 5.41) is 8.27. The lowest BCUT2D eigenvalue weighted by atomic mass is 10.0. The topological polar surface area (TPSA) is 58.2 Å². The summed E-state index contributed by atoms with van der Waals surface area (Å²) in [6, 6.07) is 29.2. The molecule has 2 saturated carbocycles. The monoisotopic (exact) mass is 444 g/mol. The first-order chi connectivity index (χ1) is 15.6. The summed E-state index contributed by atoms with van der Waals surface area (Å²) in [6.07, 6.45) is 3.26. The van der Waals surface area contributed by atoms with Crippen molar-refractivity contribution in [2.75, 3.05) is 6.54 Å². The molecule has 3 aromatic carbocycles. The van der Waals surface area contributed by atoms with Crippen LogP contribution in [0.2, 0.25) is 0 Å². The zero-order valence-corrected chi connectivity index (χ0v) is 19.0. The Kier molecular flexibility index (Phi) is 5.99. The maximum absolute atomic E-state index is 14.6. The van der Waals surface area contributed by atoms with Gasteiger partial charge in [-0.05, 0) is 60.9 Å². The Bertz CT molecular complexity index is 1060. The van der Waals surface area contributed by atoms with Crippen LogP contribution in [0.4, 0.5) is 0 Å². The number of benzene rings is 3. The molecule has 2 aliphatic rings. The second kappa shape index (κ2) is 9.05. The number of carbonyl (C=O) groups is 1. The summed E-state index contributed by atoms with van der Waals surface area (Å²) < 4.78 is 14.6. The van der Waals surface area contributed by atoms with Crippen molar-refractivity contribution in [2.24, 2.45) is 17.8 Å². The molecule has 0 saturated heterocycles. The van der Waals surface area contributed by atoms with Gasteiger partial charge in [-0.25, -0.2) is 0 Å². The zero-order chi connectivity index (χ0) is 22.0. The maximum Gasteiger partial charge on any atom is 0.223 e. The smallest absolute Gasteiger partial charge is 0.223 e. The molecule has 4 nitrogen and oxygen atoms in total. The van der Waals surface area contributed by atoms with Gasteiger partial charge in [0.25, 0.3) is 0 Å². The molecule has 5 heteroatoms. The van der Waals surface area contributed by atoms with E-state index in [-0.39, 0.29) is 23.8 Å². The van der Waals surface area contributed by atoms with Crippen LogP contribution >= 0.6 is 7.29 Å². The Morgan fingerprint density at radius 1 is 0.844 bits per heavy atom. The van der Waals surface area contributed by atoms with Gasteiger partial charge in [0.05, 0.1) is 0 Å². The van der Waals surface area contributed by atoms with Crippen molar-refractivity contribution in [3.63, 3.8) is 0 Å². The van der Waals surface area contributed by atoms with E-state index < -0.39 is 7.29 Å². The fraction of sp³-hybridized carbons (Fsp3) is 0.296. The van der Waals surface area contributed by atoms with Crippen molar-refractivity contribution in [3.05, 3.63) is 96.6 Å². The van der Waals surface area contributed by atoms with Gasteiger partial charge in [0.2, 0.25) is 13.2 Å². The first kappa shape index (κ1) is 21.2. The minimum atomic E-state index is -3.12. The summed E-state index contributed by atoms with van der Waals surface area (Å²) in [5.74, 6) is 0.887. The van der Waals surface area contributed by atoms with E-state index in [4.69, 9.17) is 0 Å². The van der Waals surface area contributed by atoms with Gasteiger partial charge in [0, 0.05) is 29.1 Å². The maximum atomic E-state index is 14.6. The van der Waals surface area contributed by atoms with Gasteiger partial charge in [-0.15, -0.1) is 0 Å².